The number of halogens is 2. The predicted molar refractivity (Wildman–Crippen MR) is 94.9 cm³/mol. The number of anilines is 1. The van der Waals surface area contributed by atoms with Crippen LogP contribution in [-0.2, 0) is 4.79 Å². The van der Waals surface area contributed by atoms with Gasteiger partial charge in [0.05, 0.1) is 5.69 Å². The van der Waals surface area contributed by atoms with Gasteiger partial charge in [-0.05, 0) is 30.3 Å². The molecule has 0 radical (unpaired) electrons. The lowest BCUT2D eigenvalue weighted by Gasteiger charge is -2.06. The Kier molecular flexibility index (Phi) is 4.55. The van der Waals surface area contributed by atoms with E-state index in [1.807, 2.05) is 0 Å². The molecule has 5 nitrogen and oxygen atoms in total. The van der Waals surface area contributed by atoms with Crippen molar-refractivity contribution in [2.24, 2.45) is 0 Å². The Hall–Kier alpha value is -2.37. The Balaban J connectivity index is 2.16. The van der Waals surface area contributed by atoms with E-state index in [2.05, 4.69) is 15.3 Å². The molecule has 0 fully saturated rings. The zero-order valence-corrected chi connectivity index (χ0v) is 14.2. The molecule has 0 aliphatic rings. The van der Waals surface area contributed by atoms with Gasteiger partial charge in [0.25, 0.3) is 0 Å². The van der Waals surface area contributed by atoms with Crippen molar-refractivity contribution < 1.29 is 9.59 Å². The second-order valence-corrected chi connectivity index (χ2v) is 6.03. The fourth-order valence-electron chi connectivity index (χ4n) is 2.35. The van der Waals surface area contributed by atoms with E-state index in [4.69, 9.17) is 23.2 Å². The average molecular weight is 362 g/mol. The first-order valence-electron chi connectivity index (χ1n) is 7.27. The van der Waals surface area contributed by atoms with Crippen LogP contribution in [0.4, 0.5) is 5.69 Å². The Morgan fingerprint density at radius 1 is 1.17 bits per heavy atom. The second kappa shape index (κ2) is 6.63. The number of benzene rings is 1. The summed E-state index contributed by atoms with van der Waals surface area (Å²) in [5, 5.41) is 4.41. The number of pyridine rings is 1. The molecule has 122 valence electrons. The molecule has 2 aromatic heterocycles. The SMILES string of the molecule is CCC(=O)Nc1c(C(=O)c2cc(Cl)ccn2)[nH]c2cc(Cl)ccc12. The van der Waals surface area contributed by atoms with Crippen LogP contribution in [0.15, 0.2) is 36.5 Å². The van der Waals surface area contributed by atoms with Crippen molar-refractivity contribution in [2.75, 3.05) is 5.32 Å². The Labute approximate surface area is 148 Å². The van der Waals surface area contributed by atoms with Crippen LogP contribution >= 0.6 is 23.2 Å². The molecule has 24 heavy (non-hydrogen) atoms. The average Bonchev–Trinajstić information content (AvgIpc) is 2.91. The maximum atomic E-state index is 12.8. The van der Waals surface area contributed by atoms with Crippen LogP contribution < -0.4 is 5.32 Å². The van der Waals surface area contributed by atoms with E-state index in [1.165, 1.54) is 12.3 Å². The molecule has 0 saturated carbocycles. The van der Waals surface area contributed by atoms with E-state index in [-0.39, 0.29) is 23.1 Å². The van der Waals surface area contributed by atoms with Crippen LogP contribution in [0.2, 0.25) is 10.0 Å². The Morgan fingerprint density at radius 3 is 2.62 bits per heavy atom. The summed E-state index contributed by atoms with van der Waals surface area (Å²) < 4.78 is 0. The first-order valence-corrected chi connectivity index (χ1v) is 8.02. The number of aromatic nitrogens is 2. The van der Waals surface area contributed by atoms with Crippen LogP contribution in [0.5, 0.6) is 0 Å². The van der Waals surface area contributed by atoms with Crippen molar-refractivity contribution in [1.82, 2.24) is 9.97 Å². The van der Waals surface area contributed by atoms with Gasteiger partial charge in [0, 0.05) is 33.6 Å². The third-order valence-electron chi connectivity index (χ3n) is 3.53. The molecule has 1 aromatic carbocycles. The molecule has 3 aromatic rings. The standard InChI is InChI=1S/C17H13Cl2N3O2/c1-2-14(23)22-15-11-4-3-9(18)7-12(11)21-16(15)17(24)13-8-10(19)5-6-20-13/h3-8,21H,2H2,1H3,(H,22,23). The minimum atomic E-state index is -0.365. The van der Waals surface area contributed by atoms with E-state index >= 15 is 0 Å². The highest BCUT2D eigenvalue weighted by atomic mass is 35.5. The lowest BCUT2D eigenvalue weighted by Crippen LogP contribution is -2.13. The van der Waals surface area contributed by atoms with Crippen molar-refractivity contribution in [1.29, 1.82) is 0 Å². The highest BCUT2D eigenvalue weighted by Crippen LogP contribution is 2.31. The molecule has 0 aliphatic heterocycles. The van der Waals surface area contributed by atoms with E-state index in [9.17, 15) is 9.59 Å². The van der Waals surface area contributed by atoms with E-state index in [0.717, 1.165) is 0 Å². The van der Waals surface area contributed by atoms with Crippen LogP contribution in [0.25, 0.3) is 10.9 Å². The molecule has 1 amide bonds. The number of rotatable bonds is 4. The highest BCUT2D eigenvalue weighted by Gasteiger charge is 2.21. The molecule has 3 rings (SSSR count). The van der Waals surface area contributed by atoms with Crippen molar-refractivity contribution in [2.45, 2.75) is 13.3 Å². The van der Waals surface area contributed by atoms with Gasteiger partial charge in [0.1, 0.15) is 11.4 Å². The molecule has 0 unspecified atom stereocenters. The van der Waals surface area contributed by atoms with Crippen molar-refractivity contribution in [3.8, 4) is 0 Å². The van der Waals surface area contributed by atoms with Gasteiger partial charge in [-0.1, -0.05) is 30.1 Å². The van der Waals surface area contributed by atoms with Crippen molar-refractivity contribution in [3.05, 3.63) is 58.0 Å². The zero-order valence-electron chi connectivity index (χ0n) is 12.7. The quantitative estimate of drug-likeness (QED) is 0.674. The molecule has 2 N–H and O–H groups in total. The fourth-order valence-corrected chi connectivity index (χ4v) is 2.69. The van der Waals surface area contributed by atoms with Gasteiger partial charge in [0.2, 0.25) is 11.7 Å². The zero-order chi connectivity index (χ0) is 17.3. The summed E-state index contributed by atoms with van der Waals surface area (Å²) in [7, 11) is 0. The number of aromatic amines is 1. The summed E-state index contributed by atoms with van der Waals surface area (Å²) in [5.41, 5.74) is 1.50. The van der Waals surface area contributed by atoms with E-state index < -0.39 is 0 Å². The molecule has 0 saturated heterocycles. The molecule has 2 heterocycles. The van der Waals surface area contributed by atoms with Crippen LogP contribution in [0.1, 0.15) is 29.5 Å². The summed E-state index contributed by atoms with van der Waals surface area (Å²) in [4.78, 5) is 31.7. The topological polar surface area (TPSA) is 74.8 Å². The number of carbonyl (C=O) groups excluding carboxylic acids is 2. The lowest BCUT2D eigenvalue weighted by atomic mass is 10.1. The molecule has 7 heteroatoms. The third-order valence-corrected chi connectivity index (χ3v) is 4.00. The number of amides is 1. The van der Waals surface area contributed by atoms with Crippen molar-refractivity contribution in [3.63, 3.8) is 0 Å². The normalized spacial score (nSPS) is 10.8. The summed E-state index contributed by atoms with van der Waals surface area (Å²) in [6.07, 6.45) is 1.75. The number of ketones is 1. The number of carbonyl (C=O) groups is 2. The summed E-state index contributed by atoms with van der Waals surface area (Å²) >= 11 is 11.9. The summed E-state index contributed by atoms with van der Waals surface area (Å²) in [6.45, 7) is 1.74. The fraction of sp³-hybridized carbons (Fsp3) is 0.118. The largest absolute Gasteiger partial charge is 0.350 e. The number of nitrogens with one attached hydrogen (secondary N) is 2. The summed E-state index contributed by atoms with van der Waals surface area (Å²) in [5.74, 6) is -0.560. The maximum absolute atomic E-state index is 12.8. The first kappa shape index (κ1) is 16.5. The number of H-pyrrole nitrogens is 1. The maximum Gasteiger partial charge on any atom is 0.229 e. The molecule has 0 spiro atoms. The molecular formula is C17H13Cl2N3O2. The van der Waals surface area contributed by atoms with E-state index in [1.54, 1.807) is 31.2 Å². The molecular weight excluding hydrogens is 349 g/mol. The third kappa shape index (κ3) is 3.13. The number of fused-ring (bicyclic) bond motifs is 1. The minimum Gasteiger partial charge on any atom is -0.350 e. The Bertz CT molecular complexity index is 950. The predicted octanol–water partition coefficient (Wildman–Crippen LogP) is 4.45. The van der Waals surface area contributed by atoms with Crippen LogP contribution in [0, 0.1) is 0 Å². The van der Waals surface area contributed by atoms with Gasteiger partial charge in [-0.3, -0.25) is 14.6 Å². The highest BCUT2D eigenvalue weighted by molar-refractivity contribution is 6.32. The van der Waals surface area contributed by atoms with Gasteiger partial charge in [-0.25, -0.2) is 0 Å². The first-order chi connectivity index (χ1) is 11.5. The van der Waals surface area contributed by atoms with Crippen LogP contribution in [-0.4, -0.2) is 21.7 Å². The molecule has 0 aliphatic carbocycles. The second-order valence-electron chi connectivity index (χ2n) is 5.16. The smallest absolute Gasteiger partial charge is 0.229 e. The van der Waals surface area contributed by atoms with Gasteiger partial charge in [0.15, 0.2) is 0 Å². The Morgan fingerprint density at radius 2 is 1.92 bits per heavy atom. The lowest BCUT2D eigenvalue weighted by molar-refractivity contribution is -0.115. The molecule has 0 bridgehead atoms. The van der Waals surface area contributed by atoms with E-state index in [0.29, 0.717) is 33.1 Å². The van der Waals surface area contributed by atoms with Gasteiger partial charge >= 0.3 is 0 Å². The number of hydrogen-bond acceptors (Lipinski definition) is 3. The van der Waals surface area contributed by atoms with Crippen molar-refractivity contribution >= 4 is 51.5 Å². The molecule has 0 atom stereocenters. The minimum absolute atomic E-state index is 0.187. The monoisotopic (exact) mass is 361 g/mol. The van der Waals surface area contributed by atoms with Gasteiger partial charge < -0.3 is 10.3 Å². The number of nitrogens with zero attached hydrogens (tertiary/aromatic N) is 1. The summed E-state index contributed by atoms with van der Waals surface area (Å²) in [6, 6.07) is 8.21. The van der Waals surface area contributed by atoms with Crippen LogP contribution in [0.3, 0.4) is 0 Å². The van der Waals surface area contributed by atoms with Gasteiger partial charge in [-0.2, -0.15) is 0 Å². The number of hydrogen-bond donors (Lipinski definition) is 2. The van der Waals surface area contributed by atoms with Gasteiger partial charge in [-0.15, -0.1) is 0 Å².